The van der Waals surface area contributed by atoms with Gasteiger partial charge in [-0.25, -0.2) is 4.98 Å². The molecule has 0 radical (unpaired) electrons. The Morgan fingerprint density at radius 3 is 2.45 bits per heavy atom. The topological polar surface area (TPSA) is 53.1 Å². The number of nitrogens with zero attached hydrogens (tertiary/aromatic N) is 2. The van der Waals surface area contributed by atoms with Crippen LogP contribution in [0.4, 0.5) is 5.69 Å². The second kappa shape index (κ2) is 5.81. The number of aryl methyl sites for hydroxylation is 2. The van der Waals surface area contributed by atoms with Crippen LogP contribution in [0, 0.1) is 13.8 Å². The first-order valence-corrected chi connectivity index (χ1v) is 7.38. The summed E-state index contributed by atoms with van der Waals surface area (Å²) in [5.74, 6) is 0.944. The van der Waals surface area contributed by atoms with Crippen molar-refractivity contribution < 1.29 is 4.74 Å². The Hall–Kier alpha value is -2.33. The smallest absolute Gasteiger partial charge is 0.136 e. The Bertz CT molecular complexity index is 803. The van der Waals surface area contributed by atoms with Gasteiger partial charge in [0.1, 0.15) is 12.4 Å². The van der Waals surface area contributed by atoms with Crippen LogP contribution in [0.25, 0.3) is 11.0 Å². The molecule has 2 N–H and O–H groups in total. The summed E-state index contributed by atoms with van der Waals surface area (Å²) in [4.78, 5) is 4.73. The van der Waals surface area contributed by atoms with Gasteiger partial charge in [-0.05, 0) is 54.8 Å². The van der Waals surface area contributed by atoms with Crippen LogP contribution in [0.5, 0.6) is 0 Å². The monoisotopic (exact) mass is 295 g/mol. The van der Waals surface area contributed by atoms with Crippen LogP contribution in [0.3, 0.4) is 0 Å². The molecular weight excluding hydrogens is 274 g/mol. The first kappa shape index (κ1) is 14.6. The first-order chi connectivity index (χ1) is 10.6. The zero-order chi connectivity index (χ0) is 15.7. The Morgan fingerprint density at radius 2 is 1.77 bits per heavy atom. The maximum Gasteiger partial charge on any atom is 0.136 e. The number of ether oxygens (including phenoxy) is 1. The van der Waals surface area contributed by atoms with Gasteiger partial charge in [0.15, 0.2) is 0 Å². The van der Waals surface area contributed by atoms with E-state index < -0.39 is 0 Å². The van der Waals surface area contributed by atoms with Crippen LogP contribution in [0.1, 0.15) is 22.5 Å². The fourth-order valence-electron chi connectivity index (χ4n) is 2.65. The molecule has 0 spiro atoms. The number of nitrogens with two attached hydrogens (primary N) is 1. The first-order valence-electron chi connectivity index (χ1n) is 7.38. The van der Waals surface area contributed by atoms with Crippen LogP contribution < -0.4 is 5.73 Å². The largest absolute Gasteiger partial charge is 0.399 e. The highest BCUT2D eigenvalue weighted by atomic mass is 16.5. The number of hydrogen-bond donors (Lipinski definition) is 1. The lowest BCUT2D eigenvalue weighted by Crippen LogP contribution is -2.06. The second-order valence-corrected chi connectivity index (χ2v) is 5.71. The van der Waals surface area contributed by atoms with E-state index in [0.29, 0.717) is 6.61 Å². The molecule has 0 aliphatic rings. The van der Waals surface area contributed by atoms with Gasteiger partial charge >= 0.3 is 0 Å². The van der Waals surface area contributed by atoms with Crippen LogP contribution >= 0.6 is 0 Å². The molecule has 0 bridgehead atoms. The summed E-state index contributed by atoms with van der Waals surface area (Å²) in [6.07, 6.45) is 0. The molecule has 0 aliphatic heterocycles. The molecule has 0 aliphatic carbocycles. The van der Waals surface area contributed by atoms with Gasteiger partial charge in [-0.3, -0.25) is 0 Å². The lowest BCUT2D eigenvalue weighted by molar-refractivity contribution is 0.175. The fourth-order valence-corrected chi connectivity index (χ4v) is 2.65. The maximum absolute atomic E-state index is 5.77. The molecule has 0 atom stereocenters. The van der Waals surface area contributed by atoms with E-state index in [1.165, 1.54) is 16.7 Å². The molecule has 1 aromatic heterocycles. The van der Waals surface area contributed by atoms with Gasteiger partial charge in [0, 0.05) is 19.3 Å². The van der Waals surface area contributed by atoms with Crippen molar-refractivity contribution in [2.75, 3.05) is 12.8 Å². The molecular formula is C18H21N3O. The quantitative estimate of drug-likeness (QED) is 0.750. The van der Waals surface area contributed by atoms with Gasteiger partial charge in [0.05, 0.1) is 11.0 Å². The van der Waals surface area contributed by atoms with Gasteiger partial charge in [-0.2, -0.15) is 0 Å². The zero-order valence-electron chi connectivity index (χ0n) is 13.3. The fraction of sp³-hybridized carbons (Fsp3) is 0.278. The lowest BCUT2D eigenvalue weighted by Gasteiger charge is -2.10. The molecule has 0 saturated heterocycles. The average molecular weight is 295 g/mol. The molecule has 0 unspecified atom stereocenters. The third-order valence-corrected chi connectivity index (χ3v) is 4.04. The van der Waals surface area contributed by atoms with Gasteiger partial charge in [0.2, 0.25) is 0 Å². The van der Waals surface area contributed by atoms with E-state index in [1.807, 2.05) is 12.1 Å². The van der Waals surface area contributed by atoms with Crippen molar-refractivity contribution in [3.63, 3.8) is 0 Å². The third-order valence-electron chi connectivity index (χ3n) is 4.04. The predicted molar refractivity (Wildman–Crippen MR) is 89.9 cm³/mol. The molecule has 3 rings (SSSR count). The van der Waals surface area contributed by atoms with Crippen LogP contribution in [-0.2, 0) is 17.9 Å². The summed E-state index contributed by atoms with van der Waals surface area (Å²) < 4.78 is 7.53. The molecule has 22 heavy (non-hydrogen) atoms. The molecule has 114 valence electrons. The summed E-state index contributed by atoms with van der Waals surface area (Å²) >= 11 is 0. The predicted octanol–water partition coefficient (Wildman–Crippen LogP) is 3.43. The third kappa shape index (κ3) is 2.70. The van der Waals surface area contributed by atoms with E-state index in [-0.39, 0.29) is 0 Å². The van der Waals surface area contributed by atoms with Gasteiger partial charge in [-0.1, -0.05) is 12.1 Å². The minimum absolute atomic E-state index is 0.502. The number of nitrogen functional groups attached to an aromatic ring is 1. The normalized spacial score (nSPS) is 11.2. The SMILES string of the molecule is COCc1nc2cc(C)c(C)cc2n1Cc1ccc(N)cc1. The number of benzene rings is 2. The highest BCUT2D eigenvalue weighted by Crippen LogP contribution is 2.22. The van der Waals surface area contributed by atoms with Crippen molar-refractivity contribution in [1.29, 1.82) is 0 Å². The number of aromatic nitrogens is 2. The highest BCUT2D eigenvalue weighted by Gasteiger charge is 2.12. The van der Waals surface area contributed by atoms with Gasteiger partial charge < -0.3 is 15.0 Å². The van der Waals surface area contributed by atoms with Crippen molar-refractivity contribution in [2.45, 2.75) is 27.0 Å². The maximum atomic E-state index is 5.77. The standard InChI is InChI=1S/C18H21N3O/c1-12-8-16-17(9-13(12)2)21(18(20-16)11-22-3)10-14-4-6-15(19)7-5-14/h4-9H,10-11,19H2,1-3H3. The van der Waals surface area contributed by atoms with E-state index in [1.54, 1.807) is 7.11 Å². The summed E-state index contributed by atoms with van der Waals surface area (Å²) in [5, 5.41) is 0. The number of anilines is 1. The van der Waals surface area contributed by atoms with Gasteiger partial charge in [-0.15, -0.1) is 0 Å². The summed E-state index contributed by atoms with van der Waals surface area (Å²) in [7, 11) is 1.70. The molecule has 0 saturated carbocycles. The lowest BCUT2D eigenvalue weighted by atomic mass is 10.1. The summed E-state index contributed by atoms with van der Waals surface area (Å²) in [6, 6.07) is 12.3. The number of hydrogen-bond acceptors (Lipinski definition) is 3. The number of methoxy groups -OCH3 is 1. The summed E-state index contributed by atoms with van der Waals surface area (Å²) in [6.45, 7) is 5.51. The minimum Gasteiger partial charge on any atom is -0.399 e. The second-order valence-electron chi connectivity index (χ2n) is 5.71. The van der Waals surface area contributed by atoms with Crippen molar-refractivity contribution >= 4 is 16.7 Å². The zero-order valence-corrected chi connectivity index (χ0v) is 13.3. The number of rotatable bonds is 4. The Labute approximate surface area is 130 Å². The van der Waals surface area contributed by atoms with E-state index in [0.717, 1.165) is 29.1 Å². The summed E-state index contributed by atoms with van der Waals surface area (Å²) in [5.41, 5.74) is 12.4. The van der Waals surface area contributed by atoms with E-state index in [2.05, 4.69) is 42.7 Å². The molecule has 4 nitrogen and oxygen atoms in total. The van der Waals surface area contributed by atoms with Gasteiger partial charge in [0.25, 0.3) is 0 Å². The number of fused-ring (bicyclic) bond motifs is 1. The Balaban J connectivity index is 2.10. The van der Waals surface area contributed by atoms with Crippen molar-refractivity contribution in [1.82, 2.24) is 9.55 Å². The molecule has 4 heteroatoms. The average Bonchev–Trinajstić information content (AvgIpc) is 2.80. The Kier molecular flexibility index (Phi) is 3.86. The molecule has 0 fully saturated rings. The van der Waals surface area contributed by atoms with E-state index >= 15 is 0 Å². The number of imidazole rings is 1. The minimum atomic E-state index is 0.502. The molecule has 1 heterocycles. The van der Waals surface area contributed by atoms with E-state index in [9.17, 15) is 0 Å². The van der Waals surface area contributed by atoms with Crippen molar-refractivity contribution in [3.8, 4) is 0 Å². The van der Waals surface area contributed by atoms with Crippen molar-refractivity contribution in [3.05, 3.63) is 58.9 Å². The molecule has 2 aromatic carbocycles. The molecule has 3 aromatic rings. The molecule has 0 amide bonds. The van der Waals surface area contributed by atoms with Crippen LogP contribution in [0.2, 0.25) is 0 Å². The van der Waals surface area contributed by atoms with E-state index in [4.69, 9.17) is 15.5 Å². The van der Waals surface area contributed by atoms with Crippen molar-refractivity contribution in [2.24, 2.45) is 0 Å². The van der Waals surface area contributed by atoms with Crippen LogP contribution in [-0.4, -0.2) is 16.7 Å². The Morgan fingerprint density at radius 1 is 1.09 bits per heavy atom. The highest BCUT2D eigenvalue weighted by molar-refractivity contribution is 5.78. The van der Waals surface area contributed by atoms with Crippen LogP contribution in [0.15, 0.2) is 36.4 Å².